The van der Waals surface area contributed by atoms with Gasteiger partial charge in [0.1, 0.15) is 11.6 Å². The van der Waals surface area contributed by atoms with E-state index in [1.807, 2.05) is 6.92 Å². The summed E-state index contributed by atoms with van der Waals surface area (Å²) in [6.07, 6.45) is 0. The predicted molar refractivity (Wildman–Crippen MR) is 65.5 cm³/mol. The fourth-order valence-electron chi connectivity index (χ4n) is 2.27. The van der Waals surface area contributed by atoms with Crippen molar-refractivity contribution >= 4 is 0 Å². The molecule has 4 heteroatoms. The number of aromatic hydroxyl groups is 1. The molecule has 0 aliphatic carbocycles. The van der Waals surface area contributed by atoms with E-state index in [1.165, 1.54) is 18.2 Å². The van der Waals surface area contributed by atoms with E-state index in [0.29, 0.717) is 5.56 Å². The summed E-state index contributed by atoms with van der Waals surface area (Å²) in [6, 6.07) is 4.20. The first-order valence-electron chi connectivity index (χ1n) is 5.99. The molecule has 1 atom stereocenters. The zero-order valence-electron chi connectivity index (χ0n) is 10.4. The molecule has 17 heavy (non-hydrogen) atoms. The first-order chi connectivity index (χ1) is 8.08. The van der Waals surface area contributed by atoms with Crippen LogP contribution < -0.4 is 0 Å². The third-order valence-electron chi connectivity index (χ3n) is 3.53. The summed E-state index contributed by atoms with van der Waals surface area (Å²) in [7, 11) is 2.10. The molecule has 1 saturated heterocycles. The Morgan fingerprint density at radius 1 is 1.24 bits per heavy atom. The molecule has 1 N–H and O–H groups in total. The molecule has 0 saturated carbocycles. The van der Waals surface area contributed by atoms with Crippen LogP contribution in [0.1, 0.15) is 18.5 Å². The van der Waals surface area contributed by atoms with E-state index in [9.17, 15) is 9.50 Å². The highest BCUT2D eigenvalue weighted by Gasteiger charge is 2.22. The Morgan fingerprint density at radius 3 is 2.53 bits per heavy atom. The summed E-state index contributed by atoms with van der Waals surface area (Å²) in [5.74, 6) is -0.114. The predicted octanol–water partition coefficient (Wildman–Crippen LogP) is 1.84. The lowest BCUT2D eigenvalue weighted by Gasteiger charge is -2.36. The lowest BCUT2D eigenvalue weighted by atomic mass is 10.0. The van der Waals surface area contributed by atoms with E-state index in [2.05, 4.69) is 16.8 Å². The van der Waals surface area contributed by atoms with Crippen molar-refractivity contribution in [2.45, 2.75) is 13.0 Å². The quantitative estimate of drug-likeness (QED) is 0.851. The summed E-state index contributed by atoms with van der Waals surface area (Å²) < 4.78 is 13.2. The summed E-state index contributed by atoms with van der Waals surface area (Å²) >= 11 is 0. The standard InChI is InChI=1S/C13H19FN2O/c1-10(16-7-5-15(2)6-8-16)12-9-11(14)3-4-13(12)17/h3-4,9-10,17H,5-8H2,1-2H3. The summed E-state index contributed by atoms with van der Waals surface area (Å²) in [5, 5.41) is 9.78. The van der Waals surface area contributed by atoms with Crippen LogP contribution in [0, 0.1) is 5.82 Å². The number of nitrogens with zero attached hydrogens (tertiary/aromatic N) is 2. The minimum Gasteiger partial charge on any atom is -0.508 e. The van der Waals surface area contributed by atoms with Gasteiger partial charge in [0.2, 0.25) is 0 Å². The van der Waals surface area contributed by atoms with Crippen LogP contribution in [0.15, 0.2) is 18.2 Å². The van der Waals surface area contributed by atoms with Crippen LogP contribution in [0.5, 0.6) is 5.75 Å². The number of halogens is 1. The van der Waals surface area contributed by atoms with Gasteiger partial charge in [0.25, 0.3) is 0 Å². The molecular formula is C13H19FN2O. The van der Waals surface area contributed by atoms with Crippen LogP contribution in [-0.2, 0) is 0 Å². The molecular weight excluding hydrogens is 219 g/mol. The van der Waals surface area contributed by atoms with Crippen LogP contribution in [0.2, 0.25) is 0 Å². The molecule has 1 aromatic carbocycles. The topological polar surface area (TPSA) is 26.7 Å². The Morgan fingerprint density at radius 2 is 1.88 bits per heavy atom. The van der Waals surface area contributed by atoms with Gasteiger partial charge in [0.15, 0.2) is 0 Å². The van der Waals surface area contributed by atoms with Crippen molar-refractivity contribution in [2.24, 2.45) is 0 Å². The van der Waals surface area contributed by atoms with Crippen molar-refractivity contribution in [2.75, 3.05) is 33.2 Å². The van der Waals surface area contributed by atoms with Gasteiger partial charge in [-0.1, -0.05) is 0 Å². The van der Waals surface area contributed by atoms with Gasteiger partial charge in [-0.3, -0.25) is 4.90 Å². The molecule has 1 fully saturated rings. The molecule has 0 radical (unpaired) electrons. The number of hydrogen-bond acceptors (Lipinski definition) is 3. The van der Waals surface area contributed by atoms with Crippen molar-refractivity contribution in [1.29, 1.82) is 0 Å². The first kappa shape index (κ1) is 12.3. The first-order valence-corrected chi connectivity index (χ1v) is 5.99. The second-order valence-electron chi connectivity index (χ2n) is 4.72. The molecule has 1 unspecified atom stereocenters. The maximum absolute atomic E-state index is 13.2. The summed E-state index contributed by atoms with van der Waals surface area (Å²) in [5.41, 5.74) is 0.676. The third-order valence-corrected chi connectivity index (χ3v) is 3.53. The molecule has 0 amide bonds. The fourth-order valence-corrected chi connectivity index (χ4v) is 2.27. The van der Waals surface area contributed by atoms with Crippen LogP contribution in [0.25, 0.3) is 0 Å². The van der Waals surface area contributed by atoms with Crippen molar-refractivity contribution in [1.82, 2.24) is 9.80 Å². The molecule has 3 nitrogen and oxygen atoms in total. The highest BCUT2D eigenvalue weighted by Crippen LogP contribution is 2.29. The average Bonchev–Trinajstić information content (AvgIpc) is 2.32. The van der Waals surface area contributed by atoms with E-state index >= 15 is 0 Å². The van der Waals surface area contributed by atoms with Crippen LogP contribution in [0.4, 0.5) is 4.39 Å². The molecule has 0 aromatic heterocycles. The number of phenols is 1. The number of benzene rings is 1. The molecule has 1 aliphatic rings. The number of likely N-dealkylation sites (N-methyl/N-ethyl adjacent to an activating group) is 1. The molecule has 94 valence electrons. The van der Waals surface area contributed by atoms with E-state index in [0.717, 1.165) is 26.2 Å². The lowest BCUT2D eigenvalue weighted by molar-refractivity contribution is 0.117. The van der Waals surface area contributed by atoms with Gasteiger partial charge in [-0.15, -0.1) is 0 Å². The highest BCUT2D eigenvalue weighted by molar-refractivity contribution is 5.35. The fraction of sp³-hybridized carbons (Fsp3) is 0.538. The van der Waals surface area contributed by atoms with Crippen LogP contribution in [-0.4, -0.2) is 48.1 Å². The maximum Gasteiger partial charge on any atom is 0.123 e. The Balaban J connectivity index is 2.13. The minimum absolute atomic E-state index is 0.0550. The number of rotatable bonds is 2. The zero-order chi connectivity index (χ0) is 12.4. The molecule has 1 aliphatic heterocycles. The van der Waals surface area contributed by atoms with Gasteiger partial charge >= 0.3 is 0 Å². The number of piperazine rings is 1. The Labute approximate surface area is 101 Å². The van der Waals surface area contributed by atoms with Gasteiger partial charge in [-0.2, -0.15) is 0 Å². The van der Waals surface area contributed by atoms with Crippen molar-refractivity contribution in [3.8, 4) is 5.75 Å². The minimum atomic E-state index is -0.293. The SMILES string of the molecule is CC(c1cc(F)ccc1O)N1CCN(C)CC1. The van der Waals surface area contributed by atoms with Gasteiger partial charge in [0.05, 0.1) is 0 Å². The number of phenolic OH excluding ortho intramolecular Hbond substituents is 1. The van der Waals surface area contributed by atoms with Gasteiger partial charge < -0.3 is 10.0 Å². The molecule has 0 bridgehead atoms. The van der Waals surface area contributed by atoms with Crippen molar-refractivity contribution in [3.63, 3.8) is 0 Å². The second-order valence-corrected chi connectivity index (χ2v) is 4.72. The maximum atomic E-state index is 13.2. The monoisotopic (exact) mass is 238 g/mol. The third kappa shape index (κ3) is 2.76. The average molecular weight is 238 g/mol. The van der Waals surface area contributed by atoms with E-state index in [-0.39, 0.29) is 17.6 Å². The van der Waals surface area contributed by atoms with Crippen LogP contribution in [0.3, 0.4) is 0 Å². The van der Waals surface area contributed by atoms with Gasteiger partial charge in [-0.05, 0) is 32.2 Å². The lowest BCUT2D eigenvalue weighted by Crippen LogP contribution is -2.45. The Bertz CT molecular complexity index is 389. The van der Waals surface area contributed by atoms with Crippen molar-refractivity contribution in [3.05, 3.63) is 29.6 Å². The molecule has 1 aromatic rings. The Kier molecular flexibility index (Phi) is 3.64. The van der Waals surface area contributed by atoms with Gasteiger partial charge in [-0.25, -0.2) is 4.39 Å². The molecule has 2 rings (SSSR count). The van der Waals surface area contributed by atoms with Crippen LogP contribution >= 0.6 is 0 Å². The smallest absolute Gasteiger partial charge is 0.123 e. The number of hydrogen-bond donors (Lipinski definition) is 1. The zero-order valence-corrected chi connectivity index (χ0v) is 10.4. The normalized spacial score (nSPS) is 20.4. The molecule has 0 spiro atoms. The van der Waals surface area contributed by atoms with Crippen molar-refractivity contribution < 1.29 is 9.50 Å². The van der Waals surface area contributed by atoms with E-state index in [1.54, 1.807) is 0 Å². The van der Waals surface area contributed by atoms with Gasteiger partial charge in [0, 0.05) is 37.8 Å². The summed E-state index contributed by atoms with van der Waals surface area (Å²) in [4.78, 5) is 4.54. The molecule has 1 heterocycles. The highest BCUT2D eigenvalue weighted by atomic mass is 19.1. The van der Waals surface area contributed by atoms with E-state index < -0.39 is 0 Å². The summed E-state index contributed by atoms with van der Waals surface area (Å²) in [6.45, 7) is 5.95. The largest absolute Gasteiger partial charge is 0.508 e. The van der Waals surface area contributed by atoms with E-state index in [4.69, 9.17) is 0 Å². The second kappa shape index (κ2) is 5.02. The Hall–Kier alpha value is -1.13.